The maximum absolute atomic E-state index is 12.2. The predicted octanol–water partition coefficient (Wildman–Crippen LogP) is 3.58. The molecule has 2 aromatic rings. The van der Waals surface area contributed by atoms with Crippen LogP contribution in [-0.2, 0) is 21.1 Å². The van der Waals surface area contributed by atoms with E-state index in [4.69, 9.17) is 9.68 Å². The summed E-state index contributed by atoms with van der Waals surface area (Å²) in [6, 6.07) is 14.3. The van der Waals surface area contributed by atoms with Gasteiger partial charge in [-0.2, -0.15) is 0 Å². The summed E-state index contributed by atoms with van der Waals surface area (Å²) in [4.78, 5) is 22.6. The minimum absolute atomic E-state index is 0.224. The van der Waals surface area contributed by atoms with Gasteiger partial charge in [0.25, 0.3) is 5.91 Å². The second kappa shape index (κ2) is 10.2. The first kappa shape index (κ1) is 23.3. The Morgan fingerprint density at radius 2 is 1.83 bits per heavy atom. The number of amides is 1. The lowest BCUT2D eigenvalue weighted by atomic mass is 10.0. The SMILES string of the molecule is CNC(=O)/C(=N/OC)c1cc(CO/N=C(\C)c2cccc([Si](C)(C)C)c2)ccc1C. The Balaban J connectivity index is 2.18. The number of rotatable bonds is 8. The van der Waals surface area contributed by atoms with Crippen LogP contribution < -0.4 is 10.5 Å². The van der Waals surface area contributed by atoms with Crippen molar-refractivity contribution < 1.29 is 14.5 Å². The van der Waals surface area contributed by atoms with Gasteiger partial charge in [-0.05, 0) is 36.6 Å². The predicted molar refractivity (Wildman–Crippen MR) is 125 cm³/mol. The van der Waals surface area contributed by atoms with Crippen LogP contribution in [0.2, 0.25) is 19.6 Å². The van der Waals surface area contributed by atoms with Crippen LogP contribution in [0.1, 0.15) is 29.2 Å². The minimum atomic E-state index is -1.39. The molecular weight excluding hydrogens is 394 g/mol. The number of nitrogens with zero attached hydrogens (tertiary/aromatic N) is 2. The van der Waals surface area contributed by atoms with E-state index in [0.29, 0.717) is 5.56 Å². The zero-order valence-corrected chi connectivity index (χ0v) is 19.9. The highest BCUT2D eigenvalue weighted by Gasteiger charge is 2.18. The first-order valence-electron chi connectivity index (χ1n) is 9.88. The molecule has 2 aromatic carbocycles. The van der Waals surface area contributed by atoms with Crippen LogP contribution in [0.3, 0.4) is 0 Å². The smallest absolute Gasteiger partial charge is 0.273 e. The summed E-state index contributed by atoms with van der Waals surface area (Å²) < 4.78 is 0. The molecule has 0 atom stereocenters. The molecule has 0 saturated carbocycles. The normalized spacial score (nSPS) is 12.5. The second-order valence-electron chi connectivity index (χ2n) is 8.13. The molecule has 0 radical (unpaired) electrons. The molecule has 0 bridgehead atoms. The molecule has 2 rings (SSSR count). The summed E-state index contributed by atoms with van der Waals surface area (Å²) >= 11 is 0. The minimum Gasteiger partial charge on any atom is -0.398 e. The molecule has 0 unspecified atom stereocenters. The van der Waals surface area contributed by atoms with E-state index in [1.165, 1.54) is 12.3 Å². The summed E-state index contributed by atoms with van der Waals surface area (Å²) in [7, 11) is 1.59. The van der Waals surface area contributed by atoms with Gasteiger partial charge in [-0.15, -0.1) is 0 Å². The molecule has 0 aromatic heterocycles. The zero-order valence-electron chi connectivity index (χ0n) is 18.9. The molecular formula is C23H31N3O3Si. The number of benzene rings is 2. The van der Waals surface area contributed by atoms with Crippen LogP contribution in [0.5, 0.6) is 0 Å². The van der Waals surface area contributed by atoms with Crippen molar-refractivity contribution in [1.29, 1.82) is 0 Å². The molecule has 160 valence electrons. The molecule has 0 aliphatic rings. The molecule has 7 heteroatoms. The monoisotopic (exact) mass is 425 g/mol. The average Bonchev–Trinajstić information content (AvgIpc) is 2.72. The van der Waals surface area contributed by atoms with Crippen LogP contribution >= 0.6 is 0 Å². The van der Waals surface area contributed by atoms with Crippen LogP contribution in [0.25, 0.3) is 0 Å². The van der Waals surface area contributed by atoms with Crippen molar-refractivity contribution in [1.82, 2.24) is 5.32 Å². The van der Waals surface area contributed by atoms with Crippen molar-refractivity contribution in [3.63, 3.8) is 0 Å². The van der Waals surface area contributed by atoms with E-state index in [1.807, 2.05) is 38.1 Å². The van der Waals surface area contributed by atoms with Crippen LogP contribution in [0, 0.1) is 6.92 Å². The fourth-order valence-electron chi connectivity index (χ4n) is 2.90. The number of nitrogens with one attached hydrogen (secondary N) is 1. The van der Waals surface area contributed by atoms with Gasteiger partial charge in [-0.25, -0.2) is 0 Å². The van der Waals surface area contributed by atoms with Gasteiger partial charge in [0.05, 0.1) is 13.8 Å². The highest BCUT2D eigenvalue weighted by molar-refractivity contribution is 6.88. The molecule has 6 nitrogen and oxygen atoms in total. The fraction of sp³-hybridized carbons (Fsp3) is 0.348. The Hall–Kier alpha value is -2.93. The largest absolute Gasteiger partial charge is 0.398 e. The molecule has 0 aliphatic carbocycles. The highest BCUT2D eigenvalue weighted by Crippen LogP contribution is 2.15. The third-order valence-corrected chi connectivity index (χ3v) is 6.80. The van der Waals surface area contributed by atoms with Crippen LogP contribution in [0.4, 0.5) is 0 Å². The summed E-state index contributed by atoms with van der Waals surface area (Å²) in [5.74, 6) is -0.311. The van der Waals surface area contributed by atoms with Gasteiger partial charge in [0.15, 0.2) is 5.71 Å². The molecule has 0 saturated heterocycles. The third-order valence-electron chi connectivity index (χ3n) is 4.76. The number of aryl methyl sites for hydroxylation is 1. The Bertz CT molecular complexity index is 962. The molecule has 0 aliphatic heterocycles. The Kier molecular flexibility index (Phi) is 7.94. The van der Waals surface area contributed by atoms with E-state index in [0.717, 1.165) is 22.4 Å². The average molecular weight is 426 g/mol. The molecule has 0 fully saturated rings. The van der Waals surface area contributed by atoms with Gasteiger partial charge >= 0.3 is 0 Å². The standard InChI is InChI=1S/C23H31N3O3Si/c1-16-11-12-18(13-21(16)22(26-28-4)23(27)24-3)15-29-25-17(2)19-9-8-10-20(14-19)30(5,6)7/h8-14H,15H2,1-7H3,(H,24,27)/b25-17+,26-22+. The highest BCUT2D eigenvalue weighted by atomic mass is 28.3. The number of carbonyl (C=O) groups excluding carboxylic acids is 1. The van der Waals surface area contributed by atoms with E-state index < -0.39 is 8.07 Å². The summed E-state index contributed by atoms with van der Waals surface area (Å²) in [5.41, 5.74) is 4.61. The van der Waals surface area contributed by atoms with Crippen molar-refractivity contribution in [2.75, 3.05) is 14.2 Å². The van der Waals surface area contributed by atoms with Gasteiger partial charge < -0.3 is 15.0 Å². The van der Waals surface area contributed by atoms with E-state index in [1.54, 1.807) is 7.05 Å². The summed E-state index contributed by atoms with van der Waals surface area (Å²) in [6.45, 7) is 11.1. The van der Waals surface area contributed by atoms with Crippen molar-refractivity contribution in [3.05, 3.63) is 64.7 Å². The fourth-order valence-corrected chi connectivity index (χ4v) is 4.09. The third kappa shape index (κ3) is 6.03. The summed E-state index contributed by atoms with van der Waals surface area (Å²) in [5, 5.41) is 12.2. The van der Waals surface area contributed by atoms with Gasteiger partial charge in [0.1, 0.15) is 13.7 Å². The van der Waals surface area contributed by atoms with Crippen molar-refractivity contribution in [3.8, 4) is 0 Å². The number of hydrogen-bond acceptors (Lipinski definition) is 5. The second-order valence-corrected chi connectivity index (χ2v) is 13.2. The van der Waals surface area contributed by atoms with Gasteiger partial charge in [-0.1, -0.05) is 71.5 Å². The Labute approximate surface area is 180 Å². The number of hydrogen-bond donors (Lipinski definition) is 1. The van der Waals surface area contributed by atoms with E-state index in [-0.39, 0.29) is 18.2 Å². The molecule has 1 N–H and O–H groups in total. The molecule has 30 heavy (non-hydrogen) atoms. The van der Waals surface area contributed by atoms with Gasteiger partial charge in [0, 0.05) is 12.6 Å². The van der Waals surface area contributed by atoms with Crippen LogP contribution in [0.15, 0.2) is 52.8 Å². The summed E-state index contributed by atoms with van der Waals surface area (Å²) in [6.07, 6.45) is 0. The topological polar surface area (TPSA) is 72.3 Å². The quantitative estimate of drug-likeness (QED) is 0.399. The number of oxime groups is 2. The Morgan fingerprint density at radius 3 is 2.47 bits per heavy atom. The van der Waals surface area contributed by atoms with Gasteiger partial charge in [0.2, 0.25) is 0 Å². The van der Waals surface area contributed by atoms with Crippen molar-refractivity contribution in [2.24, 2.45) is 10.3 Å². The maximum atomic E-state index is 12.2. The maximum Gasteiger partial charge on any atom is 0.273 e. The van der Waals surface area contributed by atoms with E-state index in [9.17, 15) is 4.79 Å². The Morgan fingerprint density at radius 1 is 1.10 bits per heavy atom. The number of carbonyl (C=O) groups is 1. The lowest BCUT2D eigenvalue weighted by Crippen LogP contribution is -2.37. The first-order chi connectivity index (χ1) is 14.2. The van der Waals surface area contributed by atoms with E-state index >= 15 is 0 Å². The van der Waals surface area contributed by atoms with Crippen LogP contribution in [-0.4, -0.2) is 39.6 Å². The molecule has 0 spiro atoms. The molecule has 1 amide bonds. The number of likely N-dealkylation sites (N-methyl/N-ethyl adjacent to an activating group) is 1. The van der Waals surface area contributed by atoms with Crippen molar-refractivity contribution >= 4 is 30.6 Å². The lowest BCUT2D eigenvalue weighted by molar-refractivity contribution is -0.114. The molecule has 0 heterocycles. The lowest BCUT2D eigenvalue weighted by Gasteiger charge is -2.17. The van der Waals surface area contributed by atoms with Crippen molar-refractivity contribution in [2.45, 2.75) is 40.1 Å². The van der Waals surface area contributed by atoms with E-state index in [2.05, 4.69) is 53.5 Å². The first-order valence-corrected chi connectivity index (χ1v) is 13.4. The van der Waals surface area contributed by atoms with Gasteiger partial charge in [-0.3, -0.25) is 4.79 Å². The zero-order chi connectivity index (χ0) is 22.3.